The molecule has 0 aliphatic heterocycles. The summed E-state index contributed by atoms with van der Waals surface area (Å²) in [7, 11) is -1.30. The normalized spacial score (nSPS) is 12.5. The van der Waals surface area contributed by atoms with Crippen LogP contribution in [0.15, 0.2) is 12.1 Å². The summed E-state index contributed by atoms with van der Waals surface area (Å²) in [5.74, 6) is -0.00577. The average molecular weight is 307 g/mol. The average Bonchev–Trinajstić information content (AvgIpc) is 2.39. The highest BCUT2D eigenvalue weighted by Crippen LogP contribution is 2.30. The molecular weight excluding hydrogens is 288 g/mol. The highest BCUT2D eigenvalue weighted by Gasteiger charge is 2.20. The van der Waals surface area contributed by atoms with Crippen LogP contribution in [0.5, 0.6) is 0 Å². The molecule has 0 aliphatic rings. The molecule has 0 saturated heterocycles. The van der Waals surface area contributed by atoms with Crippen LogP contribution in [0.3, 0.4) is 0 Å². The summed E-state index contributed by atoms with van der Waals surface area (Å²) >= 11 is 1.32. The van der Waals surface area contributed by atoms with E-state index in [2.05, 4.69) is 0 Å². The van der Waals surface area contributed by atoms with Crippen molar-refractivity contribution in [2.24, 2.45) is 0 Å². The molecule has 6 heteroatoms. The number of hydrogen-bond donors (Lipinski definition) is 0. The summed E-state index contributed by atoms with van der Waals surface area (Å²) < 4.78 is 41.0. The molecule has 0 aliphatic carbocycles. The van der Waals surface area contributed by atoms with Crippen LogP contribution in [0.2, 0.25) is 0 Å². The van der Waals surface area contributed by atoms with Gasteiger partial charge in [-0.05, 0) is 43.8 Å². The van der Waals surface area contributed by atoms with Gasteiger partial charge >= 0.3 is 0 Å². The Labute approximate surface area is 120 Å². The second-order valence-corrected chi connectivity index (χ2v) is 6.80. The van der Waals surface area contributed by atoms with Crippen molar-refractivity contribution in [3.63, 3.8) is 0 Å². The maximum absolute atomic E-state index is 14.1. The van der Waals surface area contributed by atoms with E-state index in [1.165, 1.54) is 34.7 Å². The van der Waals surface area contributed by atoms with E-state index in [4.69, 9.17) is 0 Å². The van der Waals surface area contributed by atoms with Gasteiger partial charge < -0.3 is 0 Å². The molecule has 0 amide bonds. The molecule has 0 aromatic heterocycles. The predicted octanol–water partition coefficient (Wildman–Crippen LogP) is 4.21. The second kappa shape index (κ2) is 7.85. The van der Waals surface area contributed by atoms with Crippen molar-refractivity contribution in [1.82, 2.24) is 0 Å². The smallest absolute Gasteiger partial charge is 0.154 e. The number of halogens is 2. The number of anilines is 1. The Morgan fingerprint density at radius 2 is 1.95 bits per heavy atom. The van der Waals surface area contributed by atoms with Gasteiger partial charge in [0.05, 0.1) is 5.69 Å². The summed E-state index contributed by atoms with van der Waals surface area (Å²) in [4.78, 5) is 0. The first-order chi connectivity index (χ1) is 9.02. The standard InChI is InChI=1S/C13H19F2NOS2/c1-4-8-18-16(19(17)9-5-2)12-7-6-11(14)10(3)13(12)15/h6-7H,4-5,8-9H2,1-3H3. The molecule has 0 saturated carbocycles. The minimum Gasteiger partial charge on any atom is -0.236 e. The molecule has 19 heavy (non-hydrogen) atoms. The van der Waals surface area contributed by atoms with Crippen LogP contribution < -0.4 is 3.71 Å². The van der Waals surface area contributed by atoms with E-state index in [-0.39, 0.29) is 11.3 Å². The van der Waals surface area contributed by atoms with E-state index in [0.29, 0.717) is 5.75 Å². The van der Waals surface area contributed by atoms with Gasteiger partial charge in [-0.3, -0.25) is 0 Å². The van der Waals surface area contributed by atoms with E-state index < -0.39 is 22.6 Å². The monoisotopic (exact) mass is 307 g/mol. The first-order valence-electron chi connectivity index (χ1n) is 6.29. The third-order valence-electron chi connectivity index (χ3n) is 2.47. The third-order valence-corrected chi connectivity index (χ3v) is 5.63. The molecule has 1 atom stereocenters. The molecule has 1 aromatic carbocycles. The van der Waals surface area contributed by atoms with Crippen LogP contribution >= 0.6 is 11.9 Å². The van der Waals surface area contributed by atoms with Gasteiger partial charge in [-0.25, -0.2) is 16.7 Å². The molecule has 0 heterocycles. The Morgan fingerprint density at radius 1 is 1.26 bits per heavy atom. The van der Waals surface area contributed by atoms with E-state index in [9.17, 15) is 13.0 Å². The number of benzene rings is 1. The molecule has 1 aromatic rings. The van der Waals surface area contributed by atoms with E-state index in [0.717, 1.165) is 18.6 Å². The fraction of sp³-hybridized carbons (Fsp3) is 0.538. The molecule has 108 valence electrons. The molecule has 2 nitrogen and oxygen atoms in total. The number of rotatable bonds is 7. The molecule has 0 radical (unpaired) electrons. The van der Waals surface area contributed by atoms with E-state index >= 15 is 0 Å². The van der Waals surface area contributed by atoms with Crippen molar-refractivity contribution in [2.75, 3.05) is 15.2 Å². The van der Waals surface area contributed by atoms with Gasteiger partial charge in [0, 0.05) is 17.1 Å². The number of nitrogens with zero attached hydrogens (tertiary/aromatic N) is 1. The lowest BCUT2D eigenvalue weighted by Gasteiger charge is -2.22. The SMILES string of the molecule is CCCSN(c1ccc(F)c(C)c1F)S(=O)CCC. The fourth-order valence-corrected chi connectivity index (χ4v) is 3.88. The molecule has 0 bridgehead atoms. The maximum Gasteiger partial charge on any atom is 0.154 e. The van der Waals surface area contributed by atoms with Crippen molar-refractivity contribution in [3.05, 3.63) is 29.3 Å². The lowest BCUT2D eigenvalue weighted by molar-refractivity contribution is 0.570. The molecule has 1 unspecified atom stereocenters. The van der Waals surface area contributed by atoms with Crippen LogP contribution in [0, 0.1) is 18.6 Å². The van der Waals surface area contributed by atoms with E-state index in [1.54, 1.807) is 0 Å². The lowest BCUT2D eigenvalue weighted by Crippen LogP contribution is -2.22. The van der Waals surface area contributed by atoms with E-state index in [1.807, 2.05) is 13.8 Å². The van der Waals surface area contributed by atoms with Gasteiger partial charge in [-0.2, -0.15) is 0 Å². The summed E-state index contributed by atoms with van der Waals surface area (Å²) in [6, 6.07) is 2.57. The van der Waals surface area contributed by atoms with Crippen molar-refractivity contribution < 1.29 is 13.0 Å². The molecular formula is C13H19F2NOS2. The Hall–Kier alpha value is -0.620. The first kappa shape index (κ1) is 16.4. The first-order valence-corrected chi connectivity index (χ1v) is 8.50. The maximum atomic E-state index is 14.1. The van der Waals surface area contributed by atoms with Crippen LogP contribution in [-0.4, -0.2) is 15.7 Å². The van der Waals surface area contributed by atoms with Gasteiger partial charge in [-0.15, -0.1) is 0 Å². The topological polar surface area (TPSA) is 20.3 Å². The molecule has 0 spiro atoms. The Kier molecular flexibility index (Phi) is 6.79. The van der Waals surface area contributed by atoms with Crippen molar-refractivity contribution >= 4 is 28.6 Å². The van der Waals surface area contributed by atoms with Crippen LogP contribution in [0.4, 0.5) is 14.5 Å². The minimum absolute atomic E-state index is 0.0342. The van der Waals surface area contributed by atoms with Gasteiger partial charge in [0.1, 0.15) is 16.8 Å². The Balaban J connectivity index is 3.10. The largest absolute Gasteiger partial charge is 0.236 e. The van der Waals surface area contributed by atoms with Crippen LogP contribution in [0.1, 0.15) is 32.3 Å². The predicted molar refractivity (Wildman–Crippen MR) is 79.6 cm³/mol. The zero-order valence-electron chi connectivity index (χ0n) is 11.4. The molecule has 0 fully saturated rings. The quantitative estimate of drug-likeness (QED) is 0.703. The van der Waals surface area contributed by atoms with Crippen molar-refractivity contribution in [1.29, 1.82) is 0 Å². The lowest BCUT2D eigenvalue weighted by atomic mass is 10.2. The van der Waals surface area contributed by atoms with Gasteiger partial charge in [0.25, 0.3) is 0 Å². The van der Waals surface area contributed by atoms with Gasteiger partial charge in [-0.1, -0.05) is 13.8 Å². The minimum atomic E-state index is -1.30. The van der Waals surface area contributed by atoms with Crippen LogP contribution in [0.25, 0.3) is 0 Å². The summed E-state index contributed by atoms with van der Waals surface area (Å²) in [6.07, 6.45) is 1.64. The number of hydrogen-bond acceptors (Lipinski definition) is 2. The van der Waals surface area contributed by atoms with Gasteiger partial charge in [0.2, 0.25) is 0 Å². The van der Waals surface area contributed by atoms with Crippen LogP contribution in [-0.2, 0) is 11.0 Å². The molecule has 1 rings (SSSR count). The summed E-state index contributed by atoms with van der Waals surface area (Å²) in [5.41, 5.74) is 0.164. The Bertz CT molecular complexity index is 455. The third kappa shape index (κ3) is 4.18. The second-order valence-electron chi connectivity index (χ2n) is 4.12. The highest BCUT2D eigenvalue weighted by atomic mass is 32.2. The summed E-state index contributed by atoms with van der Waals surface area (Å²) in [5, 5.41) is 0. The highest BCUT2D eigenvalue weighted by molar-refractivity contribution is 8.12. The van der Waals surface area contributed by atoms with Crippen molar-refractivity contribution in [2.45, 2.75) is 33.6 Å². The zero-order valence-corrected chi connectivity index (χ0v) is 13.0. The fourth-order valence-electron chi connectivity index (χ4n) is 1.46. The summed E-state index contributed by atoms with van der Waals surface area (Å²) in [6.45, 7) is 5.31. The zero-order chi connectivity index (χ0) is 14.4. The van der Waals surface area contributed by atoms with Crippen molar-refractivity contribution in [3.8, 4) is 0 Å². The molecule has 0 N–H and O–H groups in total. The Morgan fingerprint density at radius 3 is 2.53 bits per heavy atom. The van der Waals surface area contributed by atoms with Gasteiger partial charge in [0.15, 0.2) is 5.82 Å².